The molecule has 0 saturated carbocycles. The quantitative estimate of drug-likeness (QED) is 0.416. The van der Waals surface area contributed by atoms with E-state index in [0.717, 1.165) is 41.6 Å². The highest BCUT2D eigenvalue weighted by molar-refractivity contribution is 5.70. The van der Waals surface area contributed by atoms with Crippen LogP contribution in [0.1, 0.15) is 48.0 Å². The average Bonchev–Trinajstić information content (AvgIpc) is 2.85. The Kier molecular flexibility index (Phi) is 6.70. The molecule has 6 heteroatoms. The van der Waals surface area contributed by atoms with Crippen molar-refractivity contribution in [3.63, 3.8) is 0 Å². The minimum atomic E-state index is -0.126. The molecule has 0 radical (unpaired) electrons. The second kappa shape index (κ2) is 10.0. The summed E-state index contributed by atoms with van der Waals surface area (Å²) in [6, 6.07) is 19.5. The molecular weight excluding hydrogens is 410 g/mol. The number of unbranched alkanes of at least 4 members (excludes halogenated alkanes) is 1. The summed E-state index contributed by atoms with van der Waals surface area (Å²) in [5.41, 5.74) is 4.90. The van der Waals surface area contributed by atoms with Gasteiger partial charge in [0.15, 0.2) is 0 Å². The van der Waals surface area contributed by atoms with E-state index in [1.807, 2.05) is 55.5 Å². The Morgan fingerprint density at radius 3 is 2.42 bits per heavy atom. The van der Waals surface area contributed by atoms with Crippen LogP contribution >= 0.6 is 0 Å². The molecule has 0 fully saturated rings. The summed E-state index contributed by atoms with van der Waals surface area (Å²) in [5.74, 6) is 0.920. The second-order valence-electron chi connectivity index (χ2n) is 7.91. The predicted octanol–water partition coefficient (Wildman–Crippen LogP) is 4.80. The molecule has 0 N–H and O–H groups in total. The number of hydrogen-bond acceptors (Lipinski definition) is 5. The lowest BCUT2D eigenvalue weighted by Crippen LogP contribution is -2.29. The number of aryl methyl sites for hydroxylation is 2. The van der Waals surface area contributed by atoms with Crippen molar-refractivity contribution in [2.45, 2.75) is 39.5 Å². The van der Waals surface area contributed by atoms with Gasteiger partial charge in [0.25, 0.3) is 5.56 Å². The van der Waals surface area contributed by atoms with Gasteiger partial charge in [-0.05, 0) is 48.6 Å². The van der Waals surface area contributed by atoms with Gasteiger partial charge in [-0.1, -0.05) is 55.8 Å². The van der Waals surface area contributed by atoms with Crippen LogP contribution in [0.5, 0.6) is 0 Å². The van der Waals surface area contributed by atoms with E-state index < -0.39 is 0 Å². The number of rotatable bonds is 7. The van der Waals surface area contributed by atoms with Crippen LogP contribution < -0.4 is 5.56 Å². The summed E-state index contributed by atoms with van der Waals surface area (Å²) in [6.45, 7) is 3.95. The fraction of sp³-hybridized carbons (Fsp3) is 0.222. The first kappa shape index (κ1) is 22.1. The Bertz CT molecular complexity index is 1350. The molecular formula is C27H25N5O. The van der Waals surface area contributed by atoms with Gasteiger partial charge in [-0.15, -0.1) is 0 Å². The molecule has 0 bridgehead atoms. The number of nitrogens with zero attached hydrogens (tertiary/aromatic N) is 5. The summed E-state index contributed by atoms with van der Waals surface area (Å²) in [4.78, 5) is 26.9. The maximum absolute atomic E-state index is 13.6. The first-order valence-electron chi connectivity index (χ1n) is 11.1. The lowest BCUT2D eigenvalue weighted by molar-refractivity contribution is 0.721. The predicted molar refractivity (Wildman–Crippen MR) is 128 cm³/mol. The van der Waals surface area contributed by atoms with Crippen molar-refractivity contribution >= 4 is 0 Å². The molecule has 2 heterocycles. The molecule has 0 atom stereocenters. The highest BCUT2D eigenvalue weighted by atomic mass is 16.1. The zero-order chi connectivity index (χ0) is 23.2. The van der Waals surface area contributed by atoms with Gasteiger partial charge < -0.3 is 0 Å². The van der Waals surface area contributed by atoms with Crippen molar-refractivity contribution in [3.05, 3.63) is 106 Å². The van der Waals surface area contributed by atoms with E-state index in [-0.39, 0.29) is 5.56 Å². The van der Waals surface area contributed by atoms with Gasteiger partial charge in [-0.2, -0.15) is 5.26 Å². The SMILES string of the molecule is CCCCc1nc(C)n(-c2ncccn2)c(=O)c1Cc1ccc(-c2ccccc2C#N)cc1. The Hall–Kier alpha value is -4.11. The minimum absolute atomic E-state index is 0.126. The first-order valence-corrected chi connectivity index (χ1v) is 11.1. The molecule has 0 amide bonds. The molecule has 6 nitrogen and oxygen atoms in total. The van der Waals surface area contributed by atoms with Gasteiger partial charge in [0.1, 0.15) is 5.82 Å². The van der Waals surface area contributed by atoms with Gasteiger partial charge in [0.05, 0.1) is 17.3 Å². The molecule has 0 aliphatic heterocycles. The molecule has 4 rings (SSSR count). The van der Waals surface area contributed by atoms with Crippen LogP contribution in [0, 0.1) is 18.3 Å². The lowest BCUT2D eigenvalue weighted by Gasteiger charge is -2.14. The van der Waals surface area contributed by atoms with Crippen molar-refractivity contribution in [1.29, 1.82) is 5.26 Å². The lowest BCUT2D eigenvalue weighted by atomic mass is 9.97. The fourth-order valence-electron chi connectivity index (χ4n) is 3.93. The molecule has 0 saturated heterocycles. The molecule has 2 aromatic heterocycles. The van der Waals surface area contributed by atoms with Crippen molar-refractivity contribution < 1.29 is 0 Å². The van der Waals surface area contributed by atoms with E-state index in [2.05, 4.69) is 23.0 Å². The Labute approximate surface area is 193 Å². The summed E-state index contributed by atoms with van der Waals surface area (Å²) in [7, 11) is 0. The third-order valence-corrected chi connectivity index (χ3v) is 5.64. The maximum Gasteiger partial charge on any atom is 0.264 e. The summed E-state index contributed by atoms with van der Waals surface area (Å²) in [6.07, 6.45) is 6.46. The van der Waals surface area contributed by atoms with E-state index in [0.29, 0.717) is 29.3 Å². The van der Waals surface area contributed by atoms with Gasteiger partial charge in [-0.25, -0.2) is 19.5 Å². The number of aromatic nitrogens is 4. The smallest absolute Gasteiger partial charge is 0.264 e. The third kappa shape index (κ3) is 4.73. The van der Waals surface area contributed by atoms with Crippen molar-refractivity contribution in [3.8, 4) is 23.1 Å². The van der Waals surface area contributed by atoms with Crippen LogP contribution in [0.25, 0.3) is 17.1 Å². The van der Waals surface area contributed by atoms with Crippen LogP contribution in [0.2, 0.25) is 0 Å². The highest BCUT2D eigenvalue weighted by Crippen LogP contribution is 2.24. The van der Waals surface area contributed by atoms with Gasteiger partial charge in [0.2, 0.25) is 5.95 Å². The summed E-state index contributed by atoms with van der Waals surface area (Å²) >= 11 is 0. The fourth-order valence-corrected chi connectivity index (χ4v) is 3.93. The van der Waals surface area contributed by atoms with Crippen LogP contribution in [0.3, 0.4) is 0 Å². The van der Waals surface area contributed by atoms with Crippen LogP contribution in [0.4, 0.5) is 0 Å². The number of benzene rings is 2. The monoisotopic (exact) mass is 435 g/mol. The van der Waals surface area contributed by atoms with Gasteiger partial charge in [-0.3, -0.25) is 4.79 Å². The standard InChI is InChI=1S/C27H25N5O/c1-3-4-10-25-24(26(33)32(19(2)31-25)27-29-15-7-16-30-27)17-20-11-13-21(14-12-20)23-9-6-5-8-22(23)18-28/h5-9,11-16H,3-4,10,17H2,1-2H3. The normalized spacial score (nSPS) is 10.7. The first-order chi connectivity index (χ1) is 16.1. The van der Waals surface area contributed by atoms with E-state index in [1.54, 1.807) is 18.5 Å². The van der Waals surface area contributed by atoms with E-state index in [9.17, 15) is 10.1 Å². The second-order valence-corrected chi connectivity index (χ2v) is 7.91. The number of hydrogen-bond donors (Lipinski definition) is 0. The van der Waals surface area contributed by atoms with Crippen LogP contribution in [-0.2, 0) is 12.8 Å². The van der Waals surface area contributed by atoms with Gasteiger partial charge >= 0.3 is 0 Å². The molecule has 2 aromatic carbocycles. The molecule has 4 aromatic rings. The minimum Gasteiger partial charge on any atom is -0.268 e. The van der Waals surface area contributed by atoms with E-state index in [4.69, 9.17) is 4.98 Å². The molecule has 164 valence electrons. The highest BCUT2D eigenvalue weighted by Gasteiger charge is 2.17. The zero-order valence-electron chi connectivity index (χ0n) is 18.8. The number of nitriles is 1. The Morgan fingerprint density at radius 2 is 1.73 bits per heavy atom. The summed E-state index contributed by atoms with van der Waals surface area (Å²) < 4.78 is 1.49. The Morgan fingerprint density at radius 1 is 1.00 bits per heavy atom. The maximum atomic E-state index is 13.6. The topological polar surface area (TPSA) is 84.5 Å². The van der Waals surface area contributed by atoms with Crippen LogP contribution in [0.15, 0.2) is 71.8 Å². The van der Waals surface area contributed by atoms with Crippen molar-refractivity contribution in [1.82, 2.24) is 19.5 Å². The van der Waals surface area contributed by atoms with Crippen molar-refractivity contribution in [2.75, 3.05) is 0 Å². The largest absolute Gasteiger partial charge is 0.268 e. The third-order valence-electron chi connectivity index (χ3n) is 5.64. The van der Waals surface area contributed by atoms with E-state index >= 15 is 0 Å². The van der Waals surface area contributed by atoms with Crippen molar-refractivity contribution in [2.24, 2.45) is 0 Å². The van der Waals surface area contributed by atoms with Gasteiger partial charge in [0, 0.05) is 24.4 Å². The molecule has 33 heavy (non-hydrogen) atoms. The van der Waals surface area contributed by atoms with E-state index in [1.165, 1.54) is 4.57 Å². The molecule has 0 spiro atoms. The zero-order valence-corrected chi connectivity index (χ0v) is 18.8. The molecule has 0 aliphatic rings. The Balaban J connectivity index is 1.73. The average molecular weight is 436 g/mol. The summed E-state index contributed by atoms with van der Waals surface area (Å²) in [5, 5.41) is 9.40. The molecule has 0 unspecified atom stereocenters. The van der Waals surface area contributed by atoms with Crippen LogP contribution in [-0.4, -0.2) is 19.5 Å². The molecule has 0 aliphatic carbocycles.